The molecule has 0 bridgehead atoms. The molecule has 0 radical (unpaired) electrons. The van der Waals surface area contributed by atoms with E-state index in [1.54, 1.807) is 11.8 Å². The van der Waals surface area contributed by atoms with Crippen LogP contribution in [0.1, 0.15) is 27.2 Å². The summed E-state index contributed by atoms with van der Waals surface area (Å²) < 4.78 is 23.6. The monoisotopic (exact) mass is 294 g/mol. The van der Waals surface area contributed by atoms with Gasteiger partial charge in [0.05, 0.1) is 0 Å². The van der Waals surface area contributed by atoms with Crippen molar-refractivity contribution in [1.82, 2.24) is 10.2 Å². The highest BCUT2D eigenvalue weighted by Crippen LogP contribution is 2.23. The highest BCUT2D eigenvalue weighted by molar-refractivity contribution is 8.00. The molecule has 1 aliphatic heterocycles. The summed E-state index contributed by atoms with van der Waals surface area (Å²) >= 11 is 1.74. The predicted octanol–water partition coefficient (Wildman–Crippen LogP) is 1.18. The number of hydrogen-bond donors (Lipinski definition) is 1. The van der Waals surface area contributed by atoms with Crippen LogP contribution in [-0.4, -0.2) is 61.6 Å². The number of rotatable bonds is 6. The fourth-order valence-electron chi connectivity index (χ4n) is 2.21. The molecule has 1 rings (SSSR count). The third kappa shape index (κ3) is 5.07. The summed E-state index contributed by atoms with van der Waals surface area (Å²) in [6.45, 7) is 8.21. The first-order valence-electron chi connectivity index (χ1n) is 6.58. The molecule has 0 aromatic heterocycles. The molecule has 18 heavy (non-hydrogen) atoms. The third-order valence-electron chi connectivity index (χ3n) is 3.30. The molecule has 4 nitrogen and oxygen atoms in total. The molecule has 0 amide bonds. The first kappa shape index (κ1) is 16.3. The molecule has 1 fully saturated rings. The predicted molar refractivity (Wildman–Crippen MR) is 79.9 cm³/mol. The summed E-state index contributed by atoms with van der Waals surface area (Å²) in [6, 6.07) is 0.802. The Morgan fingerprint density at radius 1 is 1.39 bits per heavy atom. The second kappa shape index (κ2) is 7.12. The minimum Gasteiger partial charge on any atom is -0.314 e. The van der Waals surface area contributed by atoms with E-state index in [2.05, 4.69) is 31.0 Å². The van der Waals surface area contributed by atoms with Gasteiger partial charge in [-0.15, -0.1) is 0 Å². The minimum absolute atomic E-state index is 0.301. The molecule has 2 atom stereocenters. The van der Waals surface area contributed by atoms with Gasteiger partial charge in [0.2, 0.25) is 0 Å². The third-order valence-corrected chi connectivity index (χ3v) is 5.96. The Morgan fingerprint density at radius 3 is 2.61 bits per heavy atom. The van der Waals surface area contributed by atoms with E-state index in [0.29, 0.717) is 17.8 Å². The Hall–Kier alpha value is 0.220. The van der Waals surface area contributed by atoms with Crippen molar-refractivity contribution >= 4 is 21.6 Å². The molecular formula is C12H26N2O2S2. The average Bonchev–Trinajstić information content (AvgIpc) is 2.27. The molecule has 1 heterocycles. The van der Waals surface area contributed by atoms with Crippen molar-refractivity contribution in [1.29, 1.82) is 0 Å². The fraction of sp³-hybridized carbons (Fsp3) is 1.00. The van der Waals surface area contributed by atoms with Crippen LogP contribution in [-0.2, 0) is 9.84 Å². The first-order valence-corrected chi connectivity index (χ1v) is 9.69. The maximum absolute atomic E-state index is 11.8. The lowest BCUT2D eigenvalue weighted by atomic mass is 10.2. The van der Waals surface area contributed by atoms with Gasteiger partial charge < -0.3 is 5.32 Å². The Morgan fingerprint density at radius 2 is 2.06 bits per heavy atom. The second-order valence-corrected chi connectivity index (χ2v) is 8.70. The van der Waals surface area contributed by atoms with Crippen molar-refractivity contribution in [3.8, 4) is 0 Å². The number of nitrogens with zero attached hydrogens (tertiary/aromatic N) is 1. The van der Waals surface area contributed by atoms with E-state index in [-0.39, 0.29) is 5.37 Å². The molecule has 1 N–H and O–H groups in total. The van der Waals surface area contributed by atoms with Gasteiger partial charge in [-0.25, -0.2) is 8.42 Å². The molecule has 108 valence electrons. The highest BCUT2D eigenvalue weighted by atomic mass is 32.2. The summed E-state index contributed by atoms with van der Waals surface area (Å²) in [4.78, 5) is 2.16. The van der Waals surface area contributed by atoms with Crippen molar-refractivity contribution < 1.29 is 8.42 Å². The Kier molecular flexibility index (Phi) is 6.44. The van der Waals surface area contributed by atoms with E-state index in [1.165, 1.54) is 6.26 Å². The van der Waals surface area contributed by atoms with Crippen LogP contribution in [0.15, 0.2) is 0 Å². The normalized spacial score (nSPS) is 24.4. The average molecular weight is 294 g/mol. The molecule has 0 saturated carbocycles. The fourth-order valence-corrected chi connectivity index (χ4v) is 5.20. The van der Waals surface area contributed by atoms with E-state index in [1.807, 2.05) is 0 Å². The molecule has 0 aliphatic carbocycles. The molecule has 6 heteroatoms. The van der Waals surface area contributed by atoms with Crippen LogP contribution in [0.3, 0.4) is 0 Å². The van der Waals surface area contributed by atoms with E-state index in [0.717, 1.165) is 25.3 Å². The summed E-state index contributed by atoms with van der Waals surface area (Å²) in [5, 5.41) is 3.09. The number of sulfone groups is 1. The molecule has 0 spiro atoms. The van der Waals surface area contributed by atoms with Crippen LogP contribution in [0.5, 0.6) is 0 Å². The van der Waals surface area contributed by atoms with Gasteiger partial charge in [0.1, 0.15) is 5.37 Å². The SMILES string of the molecule is CC(C)NCCC(C)N1CCSCC1S(C)(=O)=O. The topological polar surface area (TPSA) is 49.4 Å². The summed E-state index contributed by atoms with van der Waals surface area (Å²) in [5.74, 6) is 1.74. The summed E-state index contributed by atoms with van der Waals surface area (Å²) in [7, 11) is -2.98. The quantitative estimate of drug-likeness (QED) is 0.797. The zero-order valence-electron chi connectivity index (χ0n) is 11.8. The molecule has 0 aromatic carbocycles. The van der Waals surface area contributed by atoms with Crippen molar-refractivity contribution in [3.63, 3.8) is 0 Å². The van der Waals surface area contributed by atoms with E-state index >= 15 is 0 Å². The molecule has 1 aliphatic rings. The van der Waals surface area contributed by atoms with Crippen LogP contribution < -0.4 is 5.32 Å². The van der Waals surface area contributed by atoms with Gasteiger partial charge in [0.15, 0.2) is 9.84 Å². The van der Waals surface area contributed by atoms with Crippen LogP contribution in [0.25, 0.3) is 0 Å². The van der Waals surface area contributed by atoms with Crippen LogP contribution in [0, 0.1) is 0 Å². The van der Waals surface area contributed by atoms with Crippen molar-refractivity contribution in [2.75, 3.05) is 30.9 Å². The van der Waals surface area contributed by atoms with Crippen LogP contribution in [0.2, 0.25) is 0 Å². The lowest BCUT2D eigenvalue weighted by molar-refractivity contribution is 0.194. The Bertz CT molecular complexity index is 344. The number of hydrogen-bond acceptors (Lipinski definition) is 5. The van der Waals surface area contributed by atoms with E-state index in [4.69, 9.17) is 0 Å². The van der Waals surface area contributed by atoms with Gasteiger partial charge in [-0.05, 0) is 19.9 Å². The number of nitrogens with one attached hydrogen (secondary N) is 1. The zero-order chi connectivity index (χ0) is 13.8. The summed E-state index contributed by atoms with van der Waals surface area (Å²) in [6.07, 6.45) is 2.35. The molecular weight excluding hydrogens is 268 g/mol. The second-order valence-electron chi connectivity index (χ2n) is 5.34. The minimum atomic E-state index is -2.98. The van der Waals surface area contributed by atoms with E-state index in [9.17, 15) is 8.42 Å². The van der Waals surface area contributed by atoms with Gasteiger partial charge in [-0.1, -0.05) is 13.8 Å². The maximum Gasteiger partial charge on any atom is 0.164 e. The first-order chi connectivity index (χ1) is 8.32. The van der Waals surface area contributed by atoms with E-state index < -0.39 is 9.84 Å². The van der Waals surface area contributed by atoms with Gasteiger partial charge in [0.25, 0.3) is 0 Å². The largest absolute Gasteiger partial charge is 0.314 e. The molecule has 0 aromatic rings. The van der Waals surface area contributed by atoms with Crippen LogP contribution in [0.4, 0.5) is 0 Å². The van der Waals surface area contributed by atoms with Crippen molar-refractivity contribution in [2.45, 2.75) is 44.6 Å². The van der Waals surface area contributed by atoms with Gasteiger partial charge in [-0.3, -0.25) is 4.90 Å². The van der Waals surface area contributed by atoms with Gasteiger partial charge in [-0.2, -0.15) is 11.8 Å². The number of thioether (sulfide) groups is 1. The van der Waals surface area contributed by atoms with Crippen LogP contribution >= 0.6 is 11.8 Å². The maximum atomic E-state index is 11.8. The highest BCUT2D eigenvalue weighted by Gasteiger charge is 2.33. The standard InChI is InChI=1S/C12H26N2O2S2/c1-10(2)13-6-5-11(3)14-7-8-17-9-12(14)18(4,15)16/h10-13H,5-9H2,1-4H3. The summed E-state index contributed by atoms with van der Waals surface area (Å²) in [5.41, 5.74) is 0. The lowest BCUT2D eigenvalue weighted by Crippen LogP contribution is -2.51. The van der Waals surface area contributed by atoms with Crippen molar-refractivity contribution in [2.24, 2.45) is 0 Å². The Labute approximate surface area is 116 Å². The molecule has 1 saturated heterocycles. The smallest absolute Gasteiger partial charge is 0.164 e. The Balaban J connectivity index is 2.55. The van der Waals surface area contributed by atoms with Gasteiger partial charge >= 0.3 is 0 Å². The van der Waals surface area contributed by atoms with Gasteiger partial charge in [0, 0.05) is 36.4 Å². The molecule has 2 unspecified atom stereocenters. The van der Waals surface area contributed by atoms with Crippen molar-refractivity contribution in [3.05, 3.63) is 0 Å². The zero-order valence-corrected chi connectivity index (χ0v) is 13.5. The lowest BCUT2D eigenvalue weighted by Gasteiger charge is -2.38.